The van der Waals surface area contributed by atoms with Crippen LogP contribution in [0.15, 0.2) is 42.5 Å². The molecule has 0 spiro atoms. The maximum absolute atomic E-state index is 9.11. The third kappa shape index (κ3) is 2.34. The van der Waals surface area contributed by atoms with Crippen LogP contribution >= 0.6 is 11.6 Å². The van der Waals surface area contributed by atoms with Crippen LogP contribution in [0, 0.1) is 11.3 Å². The number of hydrogen-bond donors (Lipinski definition) is 0. The largest absolute Gasteiger partial charge is 0.485 e. The monoisotopic (exact) mass is 283 g/mol. The van der Waals surface area contributed by atoms with Crippen LogP contribution in [0.5, 0.6) is 17.2 Å². The third-order valence-corrected chi connectivity index (χ3v) is 3.18. The van der Waals surface area contributed by atoms with Crippen LogP contribution < -0.4 is 9.47 Å². The van der Waals surface area contributed by atoms with Crippen LogP contribution in [0.4, 0.5) is 0 Å². The Balaban J connectivity index is 2.01. The Bertz CT molecular complexity index is 714. The molecule has 1 aliphatic heterocycles. The lowest BCUT2D eigenvalue weighted by Crippen LogP contribution is -2.03. The van der Waals surface area contributed by atoms with E-state index in [2.05, 4.69) is 6.07 Å². The second kappa shape index (κ2) is 5.28. The van der Waals surface area contributed by atoms with E-state index in [0.29, 0.717) is 34.4 Å². The Morgan fingerprint density at radius 3 is 2.70 bits per heavy atom. The molecule has 2 aromatic rings. The summed E-state index contributed by atoms with van der Waals surface area (Å²) in [5.41, 5.74) is 1.32. The van der Waals surface area contributed by atoms with Gasteiger partial charge in [0, 0.05) is 10.6 Å². The molecular formula is C16H10ClNO2. The van der Waals surface area contributed by atoms with E-state index in [1.165, 1.54) is 0 Å². The topological polar surface area (TPSA) is 42.2 Å². The first-order valence-electron chi connectivity index (χ1n) is 6.08. The van der Waals surface area contributed by atoms with Gasteiger partial charge in [0.05, 0.1) is 11.6 Å². The van der Waals surface area contributed by atoms with Gasteiger partial charge in [-0.15, -0.1) is 0 Å². The standard InChI is InChI=1S/C16H10ClNO2/c17-12-4-6-13(7-5-12)20-15-8-3-11(10-18)14-2-1-9-19-16(14)15/h1-8H,9H2. The summed E-state index contributed by atoms with van der Waals surface area (Å²) in [6, 6.07) is 12.7. The van der Waals surface area contributed by atoms with Gasteiger partial charge >= 0.3 is 0 Å². The maximum atomic E-state index is 9.11. The van der Waals surface area contributed by atoms with Crippen molar-refractivity contribution in [2.24, 2.45) is 0 Å². The molecule has 0 saturated carbocycles. The van der Waals surface area contributed by atoms with E-state index in [4.69, 9.17) is 26.3 Å². The second-order valence-corrected chi connectivity index (χ2v) is 4.67. The molecule has 0 radical (unpaired) electrons. The van der Waals surface area contributed by atoms with E-state index in [0.717, 1.165) is 5.56 Å². The van der Waals surface area contributed by atoms with Gasteiger partial charge in [-0.25, -0.2) is 0 Å². The number of fused-ring (bicyclic) bond motifs is 1. The number of hydrogen-bond acceptors (Lipinski definition) is 3. The fraction of sp³-hybridized carbons (Fsp3) is 0.0625. The number of rotatable bonds is 2. The minimum absolute atomic E-state index is 0.471. The lowest BCUT2D eigenvalue weighted by molar-refractivity contribution is 0.336. The van der Waals surface area contributed by atoms with E-state index in [-0.39, 0.29) is 0 Å². The highest BCUT2D eigenvalue weighted by Crippen LogP contribution is 2.39. The Hall–Kier alpha value is -2.44. The fourth-order valence-electron chi connectivity index (χ4n) is 2.00. The highest BCUT2D eigenvalue weighted by molar-refractivity contribution is 6.30. The van der Waals surface area contributed by atoms with E-state index in [1.54, 1.807) is 36.4 Å². The van der Waals surface area contributed by atoms with Crippen molar-refractivity contribution in [3.63, 3.8) is 0 Å². The Kier molecular flexibility index (Phi) is 3.32. The smallest absolute Gasteiger partial charge is 0.170 e. The number of halogens is 1. The normalized spacial score (nSPS) is 12.2. The molecule has 2 aromatic carbocycles. The van der Waals surface area contributed by atoms with Crippen molar-refractivity contribution in [1.29, 1.82) is 5.26 Å². The first kappa shape index (κ1) is 12.6. The molecule has 4 heteroatoms. The predicted molar refractivity (Wildman–Crippen MR) is 77.2 cm³/mol. The van der Waals surface area contributed by atoms with Gasteiger partial charge in [-0.2, -0.15) is 5.26 Å². The van der Waals surface area contributed by atoms with Crippen molar-refractivity contribution >= 4 is 17.7 Å². The molecule has 1 aliphatic rings. The summed E-state index contributed by atoms with van der Waals surface area (Å²) < 4.78 is 11.4. The minimum Gasteiger partial charge on any atom is -0.485 e. The average molecular weight is 284 g/mol. The van der Waals surface area contributed by atoms with Gasteiger partial charge < -0.3 is 9.47 Å². The molecule has 0 aliphatic carbocycles. The van der Waals surface area contributed by atoms with Crippen LogP contribution in [0.2, 0.25) is 5.02 Å². The molecule has 0 fully saturated rings. The lowest BCUT2D eigenvalue weighted by atomic mass is 10.0. The van der Waals surface area contributed by atoms with Crippen molar-refractivity contribution in [3.8, 4) is 23.3 Å². The summed E-state index contributed by atoms with van der Waals surface area (Å²) in [7, 11) is 0. The Morgan fingerprint density at radius 1 is 1.15 bits per heavy atom. The number of benzene rings is 2. The van der Waals surface area contributed by atoms with Crippen LogP contribution in [-0.2, 0) is 0 Å². The third-order valence-electron chi connectivity index (χ3n) is 2.93. The molecule has 98 valence electrons. The van der Waals surface area contributed by atoms with E-state index in [1.807, 2.05) is 12.2 Å². The molecule has 3 nitrogen and oxygen atoms in total. The quantitative estimate of drug-likeness (QED) is 0.820. The zero-order valence-electron chi connectivity index (χ0n) is 10.5. The van der Waals surface area contributed by atoms with Crippen molar-refractivity contribution < 1.29 is 9.47 Å². The fourth-order valence-corrected chi connectivity index (χ4v) is 2.12. The average Bonchev–Trinajstić information content (AvgIpc) is 2.50. The van der Waals surface area contributed by atoms with Gasteiger partial charge in [0.15, 0.2) is 11.5 Å². The molecule has 0 unspecified atom stereocenters. The van der Waals surface area contributed by atoms with E-state index in [9.17, 15) is 0 Å². The maximum Gasteiger partial charge on any atom is 0.170 e. The highest BCUT2D eigenvalue weighted by atomic mass is 35.5. The molecule has 1 heterocycles. The SMILES string of the molecule is N#Cc1ccc(Oc2ccc(Cl)cc2)c2c1C=CCO2. The Labute approximate surface area is 121 Å². The van der Waals surface area contributed by atoms with Crippen LogP contribution in [0.25, 0.3) is 6.08 Å². The van der Waals surface area contributed by atoms with Gasteiger partial charge in [-0.1, -0.05) is 17.7 Å². The first-order chi connectivity index (χ1) is 9.78. The zero-order chi connectivity index (χ0) is 13.9. The number of nitrogens with zero attached hydrogens (tertiary/aromatic N) is 1. The highest BCUT2D eigenvalue weighted by Gasteiger charge is 2.17. The molecule has 3 rings (SSSR count). The molecule has 0 aromatic heterocycles. The number of nitriles is 1. The summed E-state index contributed by atoms with van der Waals surface area (Å²) in [4.78, 5) is 0. The lowest BCUT2D eigenvalue weighted by Gasteiger charge is -2.17. The molecule has 0 bridgehead atoms. The van der Waals surface area contributed by atoms with Gasteiger partial charge in [0.1, 0.15) is 12.4 Å². The van der Waals surface area contributed by atoms with Crippen molar-refractivity contribution in [2.45, 2.75) is 0 Å². The van der Waals surface area contributed by atoms with E-state index < -0.39 is 0 Å². The molecular weight excluding hydrogens is 274 g/mol. The first-order valence-corrected chi connectivity index (χ1v) is 6.45. The van der Waals surface area contributed by atoms with Gasteiger partial charge in [0.25, 0.3) is 0 Å². The molecule has 0 N–H and O–H groups in total. The minimum atomic E-state index is 0.471. The molecule has 0 amide bonds. The predicted octanol–water partition coefficient (Wildman–Crippen LogP) is 4.41. The Morgan fingerprint density at radius 2 is 1.95 bits per heavy atom. The molecule has 0 atom stereocenters. The van der Waals surface area contributed by atoms with Crippen molar-refractivity contribution in [3.05, 3.63) is 58.6 Å². The van der Waals surface area contributed by atoms with Gasteiger partial charge in [0.2, 0.25) is 0 Å². The van der Waals surface area contributed by atoms with E-state index >= 15 is 0 Å². The summed E-state index contributed by atoms with van der Waals surface area (Å²) in [5, 5.41) is 9.76. The zero-order valence-corrected chi connectivity index (χ0v) is 11.2. The van der Waals surface area contributed by atoms with Crippen LogP contribution in [0.1, 0.15) is 11.1 Å². The van der Waals surface area contributed by atoms with Crippen LogP contribution in [0.3, 0.4) is 0 Å². The van der Waals surface area contributed by atoms with Gasteiger partial charge in [-0.05, 0) is 42.5 Å². The second-order valence-electron chi connectivity index (χ2n) is 4.24. The van der Waals surface area contributed by atoms with Crippen molar-refractivity contribution in [1.82, 2.24) is 0 Å². The number of ether oxygens (including phenoxy) is 2. The summed E-state index contributed by atoms with van der Waals surface area (Å²) in [6.07, 6.45) is 3.75. The van der Waals surface area contributed by atoms with Gasteiger partial charge in [-0.3, -0.25) is 0 Å². The molecule has 20 heavy (non-hydrogen) atoms. The van der Waals surface area contributed by atoms with Crippen LogP contribution in [-0.4, -0.2) is 6.61 Å². The summed E-state index contributed by atoms with van der Waals surface area (Å²) in [5.74, 6) is 1.85. The summed E-state index contributed by atoms with van der Waals surface area (Å²) in [6.45, 7) is 0.471. The summed E-state index contributed by atoms with van der Waals surface area (Å²) >= 11 is 5.84. The van der Waals surface area contributed by atoms with Crippen molar-refractivity contribution in [2.75, 3.05) is 6.61 Å². The molecule has 0 saturated heterocycles.